The molecular weight excluding hydrogens is 507 g/mol. The average Bonchev–Trinajstić information content (AvgIpc) is 2.88. The van der Waals surface area contributed by atoms with Crippen molar-refractivity contribution in [3.63, 3.8) is 0 Å². The molecule has 0 aliphatic heterocycles. The lowest BCUT2D eigenvalue weighted by Gasteiger charge is -2.25. The molecule has 7 nitrogen and oxygen atoms in total. The van der Waals surface area contributed by atoms with Crippen molar-refractivity contribution >= 4 is 28.6 Å². The van der Waals surface area contributed by atoms with Crippen LogP contribution in [0.2, 0.25) is 0 Å². The number of aliphatic hydroxyl groups excluding tert-OH is 1. The number of anilines is 1. The Hall–Kier alpha value is -3.36. The molecule has 1 amide bonds. The molecule has 0 radical (unpaired) electrons. The SMILES string of the molecule is CC(C)(Cc1ccc(CNC(=O)c2ccc(-c3nc([C@H]4CC[C@H](O)CC4)cnc3N)cc2F)cc1)C(=O)Cl. The summed E-state index contributed by atoms with van der Waals surface area (Å²) in [6.45, 7) is 3.79. The molecule has 4 rings (SSSR count). The first-order valence-corrected chi connectivity index (χ1v) is 13.1. The summed E-state index contributed by atoms with van der Waals surface area (Å²) in [7, 11) is 0. The fourth-order valence-corrected chi connectivity index (χ4v) is 4.74. The molecule has 0 spiro atoms. The lowest BCUT2D eigenvalue weighted by Crippen LogP contribution is -2.24. The van der Waals surface area contributed by atoms with Gasteiger partial charge in [0, 0.05) is 23.4 Å². The molecule has 1 fully saturated rings. The predicted molar refractivity (Wildman–Crippen MR) is 145 cm³/mol. The zero-order valence-corrected chi connectivity index (χ0v) is 22.3. The van der Waals surface area contributed by atoms with Crippen LogP contribution < -0.4 is 11.1 Å². The van der Waals surface area contributed by atoms with Gasteiger partial charge in [-0.05, 0) is 67.0 Å². The van der Waals surface area contributed by atoms with E-state index in [1.807, 2.05) is 24.3 Å². The summed E-state index contributed by atoms with van der Waals surface area (Å²) in [4.78, 5) is 33.2. The van der Waals surface area contributed by atoms with Gasteiger partial charge in [0.05, 0.1) is 23.6 Å². The van der Waals surface area contributed by atoms with Gasteiger partial charge in [-0.3, -0.25) is 9.59 Å². The van der Waals surface area contributed by atoms with Crippen LogP contribution in [-0.4, -0.2) is 32.3 Å². The monoisotopic (exact) mass is 538 g/mol. The van der Waals surface area contributed by atoms with Crippen LogP contribution in [0.3, 0.4) is 0 Å². The maximum absolute atomic E-state index is 15.0. The van der Waals surface area contributed by atoms with E-state index < -0.39 is 22.4 Å². The molecule has 4 N–H and O–H groups in total. The van der Waals surface area contributed by atoms with Crippen LogP contribution in [0.4, 0.5) is 10.2 Å². The molecule has 0 bridgehead atoms. The van der Waals surface area contributed by atoms with E-state index in [9.17, 15) is 14.7 Å². The van der Waals surface area contributed by atoms with Crippen molar-refractivity contribution in [2.75, 3.05) is 5.73 Å². The topological polar surface area (TPSA) is 118 Å². The first kappa shape index (κ1) is 27.7. The number of halogens is 2. The van der Waals surface area contributed by atoms with Gasteiger partial charge in [0.25, 0.3) is 5.91 Å². The van der Waals surface area contributed by atoms with Crippen molar-refractivity contribution in [3.8, 4) is 11.3 Å². The fourth-order valence-electron chi connectivity index (χ4n) is 4.67. The van der Waals surface area contributed by atoms with Crippen LogP contribution in [0.1, 0.15) is 72.6 Å². The summed E-state index contributed by atoms with van der Waals surface area (Å²) in [5, 5.41) is 12.1. The second kappa shape index (κ2) is 11.6. The van der Waals surface area contributed by atoms with Crippen LogP contribution in [0.25, 0.3) is 11.3 Å². The van der Waals surface area contributed by atoms with Gasteiger partial charge in [0.15, 0.2) is 0 Å². The molecule has 0 atom stereocenters. The Morgan fingerprint density at radius 3 is 2.39 bits per heavy atom. The minimum Gasteiger partial charge on any atom is -0.393 e. The number of carbonyl (C=O) groups excluding carboxylic acids is 2. The van der Waals surface area contributed by atoms with Crippen LogP contribution in [0.5, 0.6) is 0 Å². The Labute approximate surface area is 226 Å². The number of hydrogen-bond acceptors (Lipinski definition) is 6. The summed E-state index contributed by atoms with van der Waals surface area (Å²) in [5.74, 6) is -0.872. The molecule has 1 aromatic heterocycles. The molecule has 1 aliphatic carbocycles. The number of aromatic nitrogens is 2. The molecule has 1 heterocycles. The standard InChI is InChI=1S/C29H32ClFN4O3/c1-29(2,28(30)38)14-17-3-5-18(6-4-17)15-34-27(37)22-12-9-20(13-23(22)31)25-26(32)33-16-24(35-25)19-7-10-21(36)11-8-19/h3-6,9,12-13,16,19,21,36H,7-8,10-11,14-15H2,1-2H3,(H2,32,33)(H,34,37)/t19-,21-. The molecule has 3 aromatic rings. The Kier molecular flexibility index (Phi) is 8.43. The summed E-state index contributed by atoms with van der Waals surface area (Å²) in [6, 6.07) is 11.7. The van der Waals surface area contributed by atoms with Gasteiger partial charge >= 0.3 is 0 Å². The second-order valence-corrected chi connectivity index (χ2v) is 10.9. The number of nitrogens with two attached hydrogens (primary N) is 1. The number of nitrogens with zero attached hydrogens (tertiary/aromatic N) is 2. The van der Waals surface area contributed by atoms with Gasteiger partial charge in [0.1, 0.15) is 17.3 Å². The largest absolute Gasteiger partial charge is 0.393 e. The van der Waals surface area contributed by atoms with Crippen molar-refractivity contribution < 1.29 is 19.1 Å². The third kappa shape index (κ3) is 6.55. The molecule has 0 unspecified atom stereocenters. The van der Waals surface area contributed by atoms with Crippen molar-refractivity contribution in [3.05, 3.63) is 76.9 Å². The lowest BCUT2D eigenvalue weighted by molar-refractivity contribution is -0.118. The van der Waals surface area contributed by atoms with Crippen LogP contribution in [-0.2, 0) is 17.8 Å². The first-order valence-electron chi connectivity index (χ1n) is 12.7. The van der Waals surface area contributed by atoms with Crippen LogP contribution in [0.15, 0.2) is 48.7 Å². The number of aliphatic hydroxyl groups is 1. The van der Waals surface area contributed by atoms with E-state index in [-0.39, 0.29) is 29.9 Å². The number of nitrogens with one attached hydrogen (secondary N) is 1. The van der Waals surface area contributed by atoms with E-state index in [0.29, 0.717) is 30.5 Å². The zero-order chi connectivity index (χ0) is 27.4. The quantitative estimate of drug-likeness (QED) is 0.341. The van der Waals surface area contributed by atoms with Gasteiger partial charge in [-0.2, -0.15) is 0 Å². The molecule has 2 aromatic carbocycles. The van der Waals surface area contributed by atoms with E-state index in [1.165, 1.54) is 12.1 Å². The number of rotatable bonds is 8. The van der Waals surface area contributed by atoms with E-state index in [1.54, 1.807) is 26.1 Å². The summed E-state index contributed by atoms with van der Waals surface area (Å²) >= 11 is 5.66. The zero-order valence-electron chi connectivity index (χ0n) is 21.5. The van der Waals surface area contributed by atoms with E-state index in [0.717, 1.165) is 29.7 Å². The van der Waals surface area contributed by atoms with Crippen molar-refractivity contribution in [2.45, 2.75) is 64.5 Å². The molecule has 200 valence electrons. The highest BCUT2D eigenvalue weighted by Crippen LogP contribution is 2.34. The average molecular weight is 539 g/mol. The van der Waals surface area contributed by atoms with Crippen molar-refractivity contribution in [1.82, 2.24) is 15.3 Å². The van der Waals surface area contributed by atoms with Gasteiger partial charge in [0.2, 0.25) is 5.24 Å². The maximum atomic E-state index is 15.0. The van der Waals surface area contributed by atoms with Gasteiger partial charge < -0.3 is 16.2 Å². The Balaban J connectivity index is 1.42. The Morgan fingerprint density at radius 1 is 1.11 bits per heavy atom. The predicted octanol–water partition coefficient (Wildman–Crippen LogP) is 5.15. The van der Waals surface area contributed by atoms with Gasteiger partial charge in [-0.1, -0.05) is 44.2 Å². The Bertz CT molecular complexity index is 1320. The third-order valence-corrected chi connectivity index (χ3v) is 7.59. The highest BCUT2D eigenvalue weighted by Gasteiger charge is 2.26. The van der Waals surface area contributed by atoms with Gasteiger partial charge in [-0.15, -0.1) is 0 Å². The van der Waals surface area contributed by atoms with Crippen molar-refractivity contribution in [2.24, 2.45) is 5.41 Å². The minimum atomic E-state index is -0.685. The van der Waals surface area contributed by atoms with Crippen LogP contribution in [0, 0.1) is 11.2 Å². The molecule has 38 heavy (non-hydrogen) atoms. The highest BCUT2D eigenvalue weighted by atomic mass is 35.5. The number of amides is 1. The summed E-state index contributed by atoms with van der Waals surface area (Å²) < 4.78 is 15.0. The highest BCUT2D eigenvalue weighted by molar-refractivity contribution is 6.64. The number of nitrogen functional groups attached to an aromatic ring is 1. The number of carbonyl (C=O) groups is 2. The molecule has 0 saturated heterocycles. The van der Waals surface area contributed by atoms with E-state index in [2.05, 4.69) is 15.3 Å². The lowest BCUT2D eigenvalue weighted by atomic mass is 9.85. The number of benzene rings is 2. The second-order valence-electron chi connectivity index (χ2n) is 10.6. The minimum absolute atomic E-state index is 0.0864. The van der Waals surface area contributed by atoms with Crippen molar-refractivity contribution in [1.29, 1.82) is 0 Å². The van der Waals surface area contributed by atoms with E-state index >= 15 is 4.39 Å². The molecule has 1 saturated carbocycles. The molecule has 9 heteroatoms. The fraction of sp³-hybridized carbons (Fsp3) is 0.379. The number of hydrogen-bond donors (Lipinski definition) is 3. The third-order valence-electron chi connectivity index (χ3n) is 7.08. The molecular formula is C29H32ClFN4O3. The summed E-state index contributed by atoms with van der Waals surface area (Å²) in [5.41, 5.74) is 8.67. The smallest absolute Gasteiger partial charge is 0.254 e. The normalized spacial score (nSPS) is 17.7. The van der Waals surface area contributed by atoms with Crippen LogP contribution >= 0.6 is 11.6 Å². The summed E-state index contributed by atoms with van der Waals surface area (Å²) in [6.07, 6.45) is 4.90. The van der Waals surface area contributed by atoms with E-state index in [4.69, 9.17) is 17.3 Å². The first-order chi connectivity index (χ1) is 18.0. The maximum Gasteiger partial charge on any atom is 0.254 e. The van der Waals surface area contributed by atoms with Gasteiger partial charge in [-0.25, -0.2) is 14.4 Å². The molecule has 1 aliphatic rings. The Morgan fingerprint density at radius 2 is 1.76 bits per heavy atom.